The van der Waals surface area contributed by atoms with Gasteiger partial charge in [0.05, 0.1) is 11.1 Å². The monoisotopic (exact) mass is 612 g/mol. The molecule has 1 heterocycles. The number of rotatable bonds is 2. The summed E-state index contributed by atoms with van der Waals surface area (Å²) in [5.41, 5.74) is 2.91. The van der Waals surface area contributed by atoms with Gasteiger partial charge in [-0.05, 0) is 88.0 Å². The lowest BCUT2D eigenvalue weighted by atomic mass is 10.1. The van der Waals surface area contributed by atoms with E-state index < -0.39 is 17.7 Å². The number of nitrogens with one attached hydrogen (secondary N) is 1. The van der Waals surface area contributed by atoms with Gasteiger partial charge in [-0.3, -0.25) is 19.8 Å². The van der Waals surface area contributed by atoms with Crippen molar-refractivity contribution in [1.29, 1.82) is 0 Å². The van der Waals surface area contributed by atoms with Crippen molar-refractivity contribution in [3.05, 3.63) is 63.9 Å². The third-order valence-corrected chi connectivity index (χ3v) is 8.44. The van der Waals surface area contributed by atoms with Crippen LogP contribution in [0.25, 0.3) is 0 Å². The van der Waals surface area contributed by atoms with Gasteiger partial charge in [0.2, 0.25) is 0 Å². The molecule has 3 amide bonds. The summed E-state index contributed by atoms with van der Waals surface area (Å²) in [6.45, 7) is 0. The van der Waals surface area contributed by atoms with Gasteiger partial charge in [0.25, 0.3) is 17.7 Å². The number of hydrogen-bond donors (Lipinski definition) is 1. The minimum absolute atomic E-state index is 0.156. The summed E-state index contributed by atoms with van der Waals surface area (Å²) < 4.78 is 1.98. The zero-order valence-corrected chi connectivity index (χ0v) is 19.0. The molecule has 0 aromatic heterocycles. The van der Waals surface area contributed by atoms with Gasteiger partial charge >= 0.3 is 0 Å². The van der Waals surface area contributed by atoms with Crippen molar-refractivity contribution in [3.63, 3.8) is 0 Å². The fourth-order valence-electron chi connectivity index (χ4n) is 2.22. The van der Waals surface area contributed by atoms with Crippen molar-refractivity contribution in [2.45, 2.75) is 0 Å². The van der Waals surface area contributed by atoms with Crippen LogP contribution in [0.2, 0.25) is 5.02 Å². The lowest BCUT2D eigenvalue weighted by molar-refractivity contribution is 0.0517. The Morgan fingerprint density at radius 2 is 1.28 bits per heavy atom. The summed E-state index contributed by atoms with van der Waals surface area (Å²) in [7, 11) is 0. The minimum Gasteiger partial charge on any atom is -0.267 e. The van der Waals surface area contributed by atoms with E-state index in [-0.39, 0.29) is 16.7 Å². The normalized spacial score (nSPS) is 13.2. The van der Waals surface area contributed by atoms with Crippen LogP contribution in [-0.4, -0.2) is 22.7 Å². The molecule has 1 aliphatic heterocycles. The molecule has 5 nitrogen and oxygen atoms in total. The Labute approximate surface area is 180 Å². The molecule has 0 saturated carbocycles. The van der Waals surface area contributed by atoms with E-state index in [1.807, 2.05) is 0 Å². The molecule has 25 heavy (non-hydrogen) atoms. The summed E-state index contributed by atoms with van der Waals surface area (Å²) >= 11 is 19.1. The zero-order chi connectivity index (χ0) is 18.5. The van der Waals surface area contributed by atoms with Gasteiger partial charge in [0.15, 0.2) is 0 Å². The molecule has 1 aliphatic rings. The molecule has 0 spiro atoms. The Kier molecular flexibility index (Phi) is 5.41. The molecule has 0 atom stereocenters. The number of hydrogen-bond acceptors (Lipinski definition) is 3. The van der Waals surface area contributed by atoms with Crippen LogP contribution in [0.1, 0.15) is 31.1 Å². The molecule has 10 heteroatoms. The largest absolute Gasteiger partial charge is 0.281 e. The first-order valence-corrected chi connectivity index (χ1v) is 10.1. The highest BCUT2D eigenvalue weighted by molar-refractivity contribution is 9.15. The highest BCUT2D eigenvalue weighted by Gasteiger charge is 2.42. The Morgan fingerprint density at radius 3 is 1.72 bits per heavy atom. The number of nitrogens with zero attached hydrogens (tertiary/aromatic N) is 1. The van der Waals surface area contributed by atoms with E-state index >= 15 is 0 Å². The SMILES string of the molecule is O=C(NN1C(=O)c2c(Br)c(Br)c(Br)c(Br)c2C1=O)c1ccc(Cl)cc1. The van der Waals surface area contributed by atoms with Crippen molar-refractivity contribution < 1.29 is 14.4 Å². The number of fused-ring (bicyclic) bond motifs is 1. The number of imide groups is 1. The van der Waals surface area contributed by atoms with Crippen molar-refractivity contribution >= 4 is 93.0 Å². The summed E-state index contributed by atoms with van der Waals surface area (Å²) in [6, 6.07) is 6.07. The minimum atomic E-state index is -0.636. The number of carbonyl (C=O) groups excluding carboxylic acids is 3. The van der Waals surface area contributed by atoms with E-state index in [1.54, 1.807) is 12.1 Å². The lowest BCUT2D eigenvalue weighted by Crippen LogP contribution is -2.45. The second-order valence-electron chi connectivity index (χ2n) is 4.90. The van der Waals surface area contributed by atoms with Gasteiger partial charge in [-0.1, -0.05) is 11.6 Å². The van der Waals surface area contributed by atoms with Crippen LogP contribution in [0.3, 0.4) is 0 Å². The molecule has 128 valence electrons. The Morgan fingerprint density at radius 1 is 0.840 bits per heavy atom. The Hall–Kier alpha value is -0.740. The first kappa shape index (κ1) is 19.0. The van der Waals surface area contributed by atoms with Gasteiger partial charge in [-0.15, -0.1) is 0 Å². The molecule has 2 aromatic carbocycles. The van der Waals surface area contributed by atoms with Crippen LogP contribution < -0.4 is 5.43 Å². The second-order valence-corrected chi connectivity index (χ2v) is 8.51. The maximum atomic E-state index is 12.6. The van der Waals surface area contributed by atoms with E-state index in [4.69, 9.17) is 11.6 Å². The average Bonchev–Trinajstić information content (AvgIpc) is 2.83. The molecule has 2 aromatic rings. The Balaban J connectivity index is 1.98. The molecular weight excluding hydrogens is 611 g/mol. The van der Waals surface area contributed by atoms with Crippen LogP contribution in [0.15, 0.2) is 42.2 Å². The van der Waals surface area contributed by atoms with Crippen LogP contribution in [0, 0.1) is 0 Å². The van der Waals surface area contributed by atoms with E-state index in [2.05, 4.69) is 69.1 Å². The summed E-state index contributed by atoms with van der Waals surface area (Å²) in [4.78, 5) is 37.6. The Bertz CT molecular complexity index is 900. The number of halogens is 5. The van der Waals surface area contributed by atoms with Gasteiger partial charge in [-0.25, -0.2) is 0 Å². The molecule has 0 fully saturated rings. The van der Waals surface area contributed by atoms with E-state index in [9.17, 15) is 14.4 Å². The topological polar surface area (TPSA) is 66.5 Å². The van der Waals surface area contributed by atoms with Gasteiger partial charge in [0, 0.05) is 28.5 Å². The maximum absolute atomic E-state index is 12.6. The molecule has 0 unspecified atom stereocenters. The fraction of sp³-hybridized carbons (Fsp3) is 0. The molecular formula is C15H5Br4ClN2O3. The van der Waals surface area contributed by atoms with Crippen molar-refractivity contribution in [2.24, 2.45) is 0 Å². The quantitative estimate of drug-likeness (QED) is 0.282. The van der Waals surface area contributed by atoms with Crippen molar-refractivity contribution in [3.8, 4) is 0 Å². The summed E-state index contributed by atoms with van der Waals surface area (Å²) in [5, 5.41) is 1.16. The van der Waals surface area contributed by atoms with E-state index in [0.717, 1.165) is 0 Å². The van der Waals surface area contributed by atoms with Crippen LogP contribution in [0.5, 0.6) is 0 Å². The number of amides is 3. The second kappa shape index (κ2) is 7.11. The zero-order valence-electron chi connectivity index (χ0n) is 11.9. The third kappa shape index (κ3) is 3.21. The highest BCUT2D eigenvalue weighted by Crippen LogP contribution is 2.44. The van der Waals surface area contributed by atoms with E-state index in [0.29, 0.717) is 27.9 Å². The van der Waals surface area contributed by atoms with Crippen LogP contribution in [0.4, 0.5) is 0 Å². The standard InChI is InChI=1S/C15H5Br4ClN2O3/c16-9-7-8(10(17)12(19)11(9)18)15(25)22(14(7)24)21-13(23)5-1-3-6(20)4-2-5/h1-4H,(H,21,23). The lowest BCUT2D eigenvalue weighted by Gasteiger charge is -2.15. The molecule has 3 rings (SSSR count). The number of hydrazine groups is 1. The predicted molar refractivity (Wildman–Crippen MR) is 107 cm³/mol. The summed E-state index contributed by atoms with van der Waals surface area (Å²) in [6.07, 6.45) is 0. The van der Waals surface area contributed by atoms with Gasteiger partial charge in [-0.2, -0.15) is 5.01 Å². The summed E-state index contributed by atoms with van der Waals surface area (Å²) in [5.74, 6) is -1.87. The predicted octanol–water partition coefficient (Wildman–Crippen LogP) is 5.33. The molecule has 0 radical (unpaired) electrons. The van der Waals surface area contributed by atoms with Crippen molar-refractivity contribution in [1.82, 2.24) is 10.4 Å². The van der Waals surface area contributed by atoms with Gasteiger partial charge in [0.1, 0.15) is 0 Å². The molecule has 0 bridgehead atoms. The average molecular weight is 616 g/mol. The number of carbonyl (C=O) groups is 3. The maximum Gasteiger partial charge on any atom is 0.281 e. The van der Waals surface area contributed by atoms with E-state index in [1.165, 1.54) is 12.1 Å². The number of benzene rings is 2. The highest BCUT2D eigenvalue weighted by atomic mass is 79.9. The van der Waals surface area contributed by atoms with Crippen LogP contribution in [-0.2, 0) is 0 Å². The molecule has 0 saturated heterocycles. The van der Waals surface area contributed by atoms with Crippen molar-refractivity contribution in [2.75, 3.05) is 0 Å². The third-order valence-electron chi connectivity index (χ3n) is 3.42. The van der Waals surface area contributed by atoms with Crippen LogP contribution >= 0.6 is 75.3 Å². The smallest absolute Gasteiger partial charge is 0.267 e. The first-order chi connectivity index (χ1) is 11.7. The fourth-order valence-corrected chi connectivity index (χ4v) is 4.80. The molecule has 0 aliphatic carbocycles. The first-order valence-electron chi connectivity index (χ1n) is 6.55. The van der Waals surface area contributed by atoms with Gasteiger partial charge < -0.3 is 0 Å². The molecule has 1 N–H and O–H groups in total.